The molecule has 1 aromatic rings. The van der Waals surface area contributed by atoms with E-state index in [0.717, 1.165) is 10.0 Å². The lowest BCUT2D eigenvalue weighted by Gasteiger charge is -2.14. The van der Waals surface area contributed by atoms with Gasteiger partial charge < -0.3 is 10.4 Å². The van der Waals surface area contributed by atoms with Gasteiger partial charge in [0, 0.05) is 16.6 Å². The van der Waals surface area contributed by atoms with Gasteiger partial charge in [0.05, 0.1) is 6.10 Å². The minimum atomic E-state index is -0.485. The molecule has 18 heavy (non-hydrogen) atoms. The molecule has 0 heterocycles. The van der Waals surface area contributed by atoms with Crippen LogP contribution in [0.3, 0.4) is 0 Å². The van der Waals surface area contributed by atoms with Crippen LogP contribution in [-0.4, -0.2) is 23.7 Å². The Morgan fingerprint density at radius 1 is 1.44 bits per heavy atom. The van der Waals surface area contributed by atoms with Crippen LogP contribution in [0.2, 0.25) is 0 Å². The van der Waals surface area contributed by atoms with Gasteiger partial charge in [0.2, 0.25) is 0 Å². The van der Waals surface area contributed by atoms with Crippen LogP contribution in [0.4, 0.5) is 0 Å². The van der Waals surface area contributed by atoms with E-state index in [4.69, 9.17) is 0 Å². The summed E-state index contributed by atoms with van der Waals surface area (Å²) in [4.78, 5) is 12.0. The Morgan fingerprint density at radius 3 is 2.72 bits per heavy atom. The second-order valence-corrected chi connectivity index (χ2v) is 5.76. The number of nitrogens with one attached hydrogen (secondary N) is 1. The summed E-state index contributed by atoms with van der Waals surface area (Å²) in [5.41, 5.74) is 1.55. The summed E-state index contributed by atoms with van der Waals surface area (Å²) in [6.07, 6.45) is 0.207. The number of carbonyl (C=O) groups is 1. The van der Waals surface area contributed by atoms with Gasteiger partial charge >= 0.3 is 0 Å². The number of rotatable bonds is 5. The molecule has 0 aliphatic heterocycles. The Hall–Kier alpha value is -0.870. The molecular formula is C14H20BrNO2. The van der Waals surface area contributed by atoms with Crippen LogP contribution in [-0.2, 0) is 0 Å². The highest BCUT2D eigenvalue weighted by Gasteiger charge is 2.13. The van der Waals surface area contributed by atoms with E-state index in [0.29, 0.717) is 24.4 Å². The molecule has 4 heteroatoms. The van der Waals surface area contributed by atoms with Gasteiger partial charge in [0.1, 0.15) is 0 Å². The van der Waals surface area contributed by atoms with Crippen molar-refractivity contribution in [3.63, 3.8) is 0 Å². The van der Waals surface area contributed by atoms with E-state index >= 15 is 0 Å². The average Bonchev–Trinajstić information content (AvgIpc) is 2.29. The molecule has 1 unspecified atom stereocenters. The topological polar surface area (TPSA) is 49.3 Å². The van der Waals surface area contributed by atoms with Crippen LogP contribution >= 0.6 is 15.9 Å². The zero-order valence-corrected chi connectivity index (χ0v) is 12.6. The molecule has 0 aliphatic carbocycles. The molecule has 1 rings (SSSR count). The van der Waals surface area contributed by atoms with Crippen LogP contribution in [0.25, 0.3) is 0 Å². The summed E-state index contributed by atoms with van der Waals surface area (Å²) in [5.74, 6) is 0.279. The van der Waals surface area contributed by atoms with Gasteiger partial charge in [-0.2, -0.15) is 0 Å². The summed E-state index contributed by atoms with van der Waals surface area (Å²) >= 11 is 3.40. The van der Waals surface area contributed by atoms with E-state index in [1.165, 1.54) is 0 Å². The highest BCUT2D eigenvalue weighted by molar-refractivity contribution is 9.10. The van der Waals surface area contributed by atoms with Gasteiger partial charge in [-0.05, 0) is 37.0 Å². The molecular weight excluding hydrogens is 294 g/mol. The zero-order valence-electron chi connectivity index (χ0n) is 11.0. The molecule has 0 aliphatic rings. The fourth-order valence-electron chi connectivity index (χ4n) is 1.79. The normalized spacial score (nSPS) is 12.6. The Labute approximate surface area is 117 Å². The van der Waals surface area contributed by atoms with Crippen molar-refractivity contribution < 1.29 is 9.90 Å². The van der Waals surface area contributed by atoms with Gasteiger partial charge in [0.25, 0.3) is 5.91 Å². The molecule has 1 amide bonds. The Balaban J connectivity index is 2.58. The quantitative estimate of drug-likeness (QED) is 0.878. The molecule has 1 atom stereocenters. The number of aliphatic hydroxyl groups excluding tert-OH is 1. The van der Waals surface area contributed by atoms with Crippen LogP contribution in [0.1, 0.15) is 36.2 Å². The van der Waals surface area contributed by atoms with Gasteiger partial charge in [-0.15, -0.1) is 0 Å². The van der Waals surface area contributed by atoms with Crippen molar-refractivity contribution in [3.8, 4) is 0 Å². The predicted molar refractivity (Wildman–Crippen MR) is 76.7 cm³/mol. The first kappa shape index (κ1) is 15.2. The van der Waals surface area contributed by atoms with Crippen LogP contribution in [0.15, 0.2) is 22.7 Å². The first-order chi connectivity index (χ1) is 8.41. The molecule has 1 aromatic carbocycles. The second kappa shape index (κ2) is 6.90. The third-order valence-electron chi connectivity index (χ3n) is 2.75. The largest absolute Gasteiger partial charge is 0.391 e. The summed E-state index contributed by atoms with van der Waals surface area (Å²) in [5, 5.41) is 12.5. The average molecular weight is 314 g/mol. The van der Waals surface area contributed by atoms with E-state index in [2.05, 4.69) is 21.2 Å². The van der Waals surface area contributed by atoms with Gasteiger partial charge in [-0.3, -0.25) is 4.79 Å². The van der Waals surface area contributed by atoms with Crippen molar-refractivity contribution in [1.82, 2.24) is 5.32 Å². The number of aliphatic hydroxyl groups is 1. The minimum Gasteiger partial charge on any atom is -0.391 e. The van der Waals surface area contributed by atoms with Gasteiger partial charge in [-0.25, -0.2) is 0 Å². The molecule has 0 aromatic heterocycles. The fraction of sp³-hybridized carbons (Fsp3) is 0.500. The highest BCUT2D eigenvalue weighted by Crippen LogP contribution is 2.19. The molecule has 0 saturated carbocycles. The van der Waals surface area contributed by atoms with E-state index < -0.39 is 6.10 Å². The summed E-state index contributed by atoms with van der Waals surface area (Å²) in [6.45, 7) is 6.28. The molecule has 0 spiro atoms. The van der Waals surface area contributed by atoms with Gasteiger partial charge in [0.15, 0.2) is 0 Å². The van der Waals surface area contributed by atoms with Crippen molar-refractivity contribution in [2.45, 2.75) is 33.3 Å². The number of halogens is 1. The first-order valence-electron chi connectivity index (χ1n) is 6.13. The van der Waals surface area contributed by atoms with Gasteiger partial charge in [-0.1, -0.05) is 35.8 Å². The molecule has 0 radical (unpaired) electrons. The third-order valence-corrected chi connectivity index (χ3v) is 3.61. The van der Waals surface area contributed by atoms with E-state index in [9.17, 15) is 9.90 Å². The van der Waals surface area contributed by atoms with Crippen molar-refractivity contribution in [3.05, 3.63) is 33.8 Å². The van der Waals surface area contributed by atoms with E-state index in [-0.39, 0.29) is 5.91 Å². The molecule has 0 bridgehead atoms. The van der Waals surface area contributed by atoms with Crippen molar-refractivity contribution in [2.24, 2.45) is 5.92 Å². The maximum absolute atomic E-state index is 12.0. The lowest BCUT2D eigenvalue weighted by molar-refractivity contribution is 0.0899. The number of carbonyl (C=O) groups excluding carboxylic acids is 1. The monoisotopic (exact) mass is 313 g/mol. The molecule has 3 nitrogen and oxygen atoms in total. The fourth-order valence-corrected chi connectivity index (χ4v) is 2.15. The predicted octanol–water partition coefficient (Wildman–Crippen LogP) is 2.89. The standard InChI is InChI=1S/C14H20BrNO2/c1-9(2)7-11(17)8-16-14(18)12-5-4-6-13(15)10(12)3/h4-6,9,11,17H,7-8H2,1-3H3,(H,16,18). The molecule has 2 N–H and O–H groups in total. The van der Waals surface area contributed by atoms with Crippen molar-refractivity contribution in [1.29, 1.82) is 0 Å². The summed E-state index contributed by atoms with van der Waals surface area (Å²) in [7, 11) is 0. The van der Waals surface area contributed by atoms with Crippen LogP contribution in [0.5, 0.6) is 0 Å². The SMILES string of the molecule is Cc1c(Br)cccc1C(=O)NCC(O)CC(C)C. The highest BCUT2D eigenvalue weighted by atomic mass is 79.9. The lowest BCUT2D eigenvalue weighted by Crippen LogP contribution is -2.33. The Morgan fingerprint density at radius 2 is 2.11 bits per heavy atom. The van der Waals surface area contributed by atoms with Crippen molar-refractivity contribution in [2.75, 3.05) is 6.54 Å². The van der Waals surface area contributed by atoms with E-state index in [1.807, 2.05) is 32.9 Å². The lowest BCUT2D eigenvalue weighted by atomic mass is 10.1. The summed E-state index contributed by atoms with van der Waals surface area (Å²) in [6, 6.07) is 5.51. The zero-order chi connectivity index (χ0) is 13.7. The first-order valence-corrected chi connectivity index (χ1v) is 6.92. The third kappa shape index (κ3) is 4.42. The Bertz CT molecular complexity index is 418. The maximum Gasteiger partial charge on any atom is 0.251 e. The molecule has 100 valence electrons. The van der Waals surface area contributed by atoms with Crippen molar-refractivity contribution >= 4 is 21.8 Å². The van der Waals surface area contributed by atoms with Crippen LogP contribution in [0, 0.1) is 12.8 Å². The molecule has 0 saturated heterocycles. The Kier molecular flexibility index (Phi) is 5.82. The van der Waals surface area contributed by atoms with Crippen LogP contribution < -0.4 is 5.32 Å². The summed E-state index contributed by atoms with van der Waals surface area (Å²) < 4.78 is 0.915. The number of benzene rings is 1. The molecule has 0 fully saturated rings. The second-order valence-electron chi connectivity index (χ2n) is 4.91. The van der Waals surface area contributed by atoms with E-state index in [1.54, 1.807) is 6.07 Å². The smallest absolute Gasteiger partial charge is 0.251 e. The number of hydrogen-bond donors (Lipinski definition) is 2. The number of amides is 1. The maximum atomic E-state index is 12.0. The number of hydrogen-bond acceptors (Lipinski definition) is 2. The minimum absolute atomic E-state index is 0.142.